The number of hydrogen-bond donors (Lipinski definition) is 2. The Morgan fingerprint density at radius 2 is 2.07 bits per heavy atom. The van der Waals surface area contributed by atoms with Crippen LogP contribution in [0.3, 0.4) is 0 Å². The number of anilines is 1. The topological polar surface area (TPSA) is 87.5 Å². The highest BCUT2D eigenvalue weighted by molar-refractivity contribution is 5.91. The smallest absolute Gasteiger partial charge is 0.321 e. The van der Waals surface area contributed by atoms with Crippen molar-refractivity contribution in [3.63, 3.8) is 0 Å². The van der Waals surface area contributed by atoms with Crippen LogP contribution in [0, 0.1) is 12.3 Å². The number of carboxylic acid groups (broad SMARTS) is 1. The maximum absolute atomic E-state index is 12.7. The lowest BCUT2D eigenvalue weighted by atomic mass is 9.90. The number of nitrogens with zero attached hydrogens (tertiary/aromatic N) is 3. The number of amides is 2. The van der Waals surface area contributed by atoms with Gasteiger partial charge in [-0.3, -0.25) is 4.79 Å². The molecule has 0 saturated carbocycles. The van der Waals surface area contributed by atoms with Crippen LogP contribution in [0.4, 0.5) is 10.5 Å². The Bertz CT molecular complexity index is 861. The molecule has 0 radical (unpaired) electrons. The SMILES string of the molecule is CCCc1c(NC(=O)N2CCC(C)(C(=O)O)C2)cnn1-c1ccccc1C. The molecule has 2 heterocycles. The Labute approximate surface area is 159 Å². The van der Waals surface area contributed by atoms with Gasteiger partial charge in [0.15, 0.2) is 0 Å². The highest BCUT2D eigenvalue weighted by atomic mass is 16.4. The minimum absolute atomic E-state index is 0.212. The number of nitrogens with one attached hydrogen (secondary N) is 1. The fourth-order valence-corrected chi connectivity index (χ4v) is 3.47. The molecule has 2 amide bonds. The zero-order chi connectivity index (χ0) is 19.6. The van der Waals surface area contributed by atoms with E-state index in [0.717, 1.165) is 29.8 Å². The number of benzene rings is 1. The molecule has 1 aliphatic rings. The summed E-state index contributed by atoms with van der Waals surface area (Å²) in [6.07, 6.45) is 3.82. The van der Waals surface area contributed by atoms with E-state index in [9.17, 15) is 14.7 Å². The van der Waals surface area contributed by atoms with Crippen LogP contribution in [0.15, 0.2) is 30.5 Å². The van der Waals surface area contributed by atoms with Crippen molar-refractivity contribution < 1.29 is 14.7 Å². The lowest BCUT2D eigenvalue weighted by molar-refractivity contribution is -0.146. The van der Waals surface area contributed by atoms with Gasteiger partial charge in [-0.05, 0) is 38.3 Å². The maximum Gasteiger partial charge on any atom is 0.321 e. The van der Waals surface area contributed by atoms with Crippen LogP contribution in [-0.2, 0) is 11.2 Å². The molecule has 7 heteroatoms. The molecule has 27 heavy (non-hydrogen) atoms. The highest BCUT2D eigenvalue weighted by Crippen LogP contribution is 2.31. The molecule has 0 bridgehead atoms. The molecule has 3 rings (SSSR count). The molecule has 0 aliphatic carbocycles. The first kappa shape index (κ1) is 18.9. The quantitative estimate of drug-likeness (QED) is 0.844. The average molecular weight is 370 g/mol. The Morgan fingerprint density at radius 1 is 1.33 bits per heavy atom. The van der Waals surface area contributed by atoms with E-state index in [2.05, 4.69) is 17.3 Å². The molecule has 1 aromatic heterocycles. The highest BCUT2D eigenvalue weighted by Gasteiger charge is 2.42. The molecule has 2 aromatic rings. The second-order valence-corrected chi connectivity index (χ2v) is 7.42. The summed E-state index contributed by atoms with van der Waals surface area (Å²) >= 11 is 0. The standard InChI is InChI=1S/C20H26N4O3/c1-4-7-17-15(12-21-24(17)16-9-6-5-8-14(16)2)22-19(27)23-11-10-20(3,13-23)18(25)26/h5-6,8-9,12H,4,7,10-11,13H2,1-3H3,(H,22,27)(H,25,26). The average Bonchev–Trinajstić information content (AvgIpc) is 3.21. The predicted molar refractivity (Wildman–Crippen MR) is 103 cm³/mol. The third-order valence-corrected chi connectivity index (χ3v) is 5.22. The second-order valence-electron chi connectivity index (χ2n) is 7.42. The fraction of sp³-hybridized carbons (Fsp3) is 0.450. The van der Waals surface area contributed by atoms with E-state index in [-0.39, 0.29) is 12.6 Å². The van der Waals surface area contributed by atoms with E-state index < -0.39 is 11.4 Å². The van der Waals surface area contributed by atoms with Gasteiger partial charge in [0.1, 0.15) is 0 Å². The van der Waals surface area contributed by atoms with Crippen molar-refractivity contribution in [3.05, 3.63) is 41.7 Å². The molecule has 1 aromatic carbocycles. The van der Waals surface area contributed by atoms with Crippen LogP contribution < -0.4 is 5.32 Å². The van der Waals surface area contributed by atoms with Gasteiger partial charge in [-0.1, -0.05) is 31.5 Å². The minimum atomic E-state index is -0.880. The normalized spacial score (nSPS) is 19.3. The number of likely N-dealkylation sites (tertiary alicyclic amines) is 1. The van der Waals surface area contributed by atoms with Crippen molar-refractivity contribution in [2.45, 2.75) is 40.0 Å². The van der Waals surface area contributed by atoms with Gasteiger partial charge in [-0.15, -0.1) is 0 Å². The van der Waals surface area contributed by atoms with Crippen molar-refractivity contribution in [1.82, 2.24) is 14.7 Å². The van der Waals surface area contributed by atoms with Crippen LogP contribution in [0.1, 0.15) is 37.9 Å². The van der Waals surface area contributed by atoms with Gasteiger partial charge in [0, 0.05) is 13.1 Å². The van der Waals surface area contributed by atoms with Crippen molar-refractivity contribution in [1.29, 1.82) is 0 Å². The number of carbonyl (C=O) groups is 2. The predicted octanol–water partition coefficient (Wildman–Crippen LogP) is 3.46. The summed E-state index contributed by atoms with van der Waals surface area (Å²) in [6.45, 7) is 6.44. The zero-order valence-electron chi connectivity index (χ0n) is 16.0. The summed E-state index contributed by atoms with van der Waals surface area (Å²) < 4.78 is 1.87. The lowest BCUT2D eigenvalue weighted by Gasteiger charge is -2.20. The fourth-order valence-electron chi connectivity index (χ4n) is 3.47. The van der Waals surface area contributed by atoms with Gasteiger partial charge in [-0.25, -0.2) is 9.48 Å². The first-order chi connectivity index (χ1) is 12.9. The summed E-state index contributed by atoms with van der Waals surface area (Å²) in [7, 11) is 0. The first-order valence-corrected chi connectivity index (χ1v) is 9.28. The summed E-state index contributed by atoms with van der Waals surface area (Å²) in [5.74, 6) is -0.864. The van der Waals surface area contributed by atoms with Gasteiger partial charge in [0.25, 0.3) is 0 Å². The monoisotopic (exact) mass is 370 g/mol. The minimum Gasteiger partial charge on any atom is -0.481 e. The van der Waals surface area contributed by atoms with E-state index in [1.54, 1.807) is 18.0 Å². The van der Waals surface area contributed by atoms with Crippen molar-refractivity contribution in [2.24, 2.45) is 5.41 Å². The van der Waals surface area contributed by atoms with Crippen LogP contribution in [-0.4, -0.2) is 44.9 Å². The molecule has 2 N–H and O–H groups in total. The molecule has 1 aliphatic heterocycles. The van der Waals surface area contributed by atoms with E-state index in [0.29, 0.717) is 18.7 Å². The van der Waals surface area contributed by atoms with Gasteiger partial charge in [-0.2, -0.15) is 5.10 Å². The zero-order valence-corrected chi connectivity index (χ0v) is 16.0. The third-order valence-electron chi connectivity index (χ3n) is 5.22. The van der Waals surface area contributed by atoms with Crippen LogP contribution in [0.5, 0.6) is 0 Å². The summed E-state index contributed by atoms with van der Waals surface area (Å²) in [4.78, 5) is 25.7. The first-order valence-electron chi connectivity index (χ1n) is 9.28. The molecule has 1 saturated heterocycles. The van der Waals surface area contributed by atoms with Gasteiger partial charge in [0.05, 0.1) is 28.7 Å². The Morgan fingerprint density at radius 3 is 2.70 bits per heavy atom. The molecule has 1 fully saturated rings. The Hall–Kier alpha value is -2.83. The van der Waals surface area contributed by atoms with Crippen molar-refractivity contribution in [3.8, 4) is 5.69 Å². The maximum atomic E-state index is 12.7. The molecular weight excluding hydrogens is 344 g/mol. The largest absolute Gasteiger partial charge is 0.481 e. The molecular formula is C20H26N4O3. The van der Waals surface area contributed by atoms with Crippen LogP contribution in [0.2, 0.25) is 0 Å². The van der Waals surface area contributed by atoms with E-state index in [1.165, 1.54) is 0 Å². The van der Waals surface area contributed by atoms with Crippen LogP contribution in [0.25, 0.3) is 5.69 Å². The molecule has 7 nitrogen and oxygen atoms in total. The van der Waals surface area contributed by atoms with Gasteiger partial charge < -0.3 is 15.3 Å². The molecule has 1 atom stereocenters. The van der Waals surface area contributed by atoms with Crippen molar-refractivity contribution >= 4 is 17.7 Å². The van der Waals surface area contributed by atoms with Crippen LogP contribution >= 0.6 is 0 Å². The molecule has 144 valence electrons. The number of aliphatic carboxylic acids is 1. The Kier molecular flexibility index (Phi) is 5.21. The number of aryl methyl sites for hydroxylation is 1. The summed E-state index contributed by atoms with van der Waals surface area (Å²) in [5.41, 5.74) is 2.83. The van der Waals surface area contributed by atoms with Gasteiger partial charge >= 0.3 is 12.0 Å². The molecule has 1 unspecified atom stereocenters. The number of hydrogen-bond acceptors (Lipinski definition) is 3. The van der Waals surface area contributed by atoms with Crippen molar-refractivity contribution in [2.75, 3.05) is 18.4 Å². The molecule has 0 spiro atoms. The number of carboxylic acids is 1. The van der Waals surface area contributed by atoms with Gasteiger partial charge in [0.2, 0.25) is 0 Å². The number of aromatic nitrogens is 2. The number of carbonyl (C=O) groups excluding carboxylic acids is 1. The van der Waals surface area contributed by atoms with E-state index in [4.69, 9.17) is 0 Å². The number of rotatable bonds is 5. The summed E-state index contributed by atoms with van der Waals surface area (Å²) in [6, 6.07) is 7.71. The van der Waals surface area contributed by atoms with E-state index >= 15 is 0 Å². The van der Waals surface area contributed by atoms with E-state index in [1.807, 2.05) is 35.9 Å². The third kappa shape index (κ3) is 3.67. The number of urea groups is 1. The second kappa shape index (κ2) is 7.42. The lowest BCUT2D eigenvalue weighted by Crippen LogP contribution is -2.37. The number of para-hydroxylation sites is 1. The Balaban J connectivity index is 1.83. The summed E-state index contributed by atoms with van der Waals surface area (Å²) in [5, 5.41) is 16.8.